The molecule has 1 aliphatic heterocycles. The van der Waals surface area contributed by atoms with E-state index < -0.39 is 6.09 Å². The first-order valence-corrected chi connectivity index (χ1v) is 3.90. The summed E-state index contributed by atoms with van der Waals surface area (Å²) in [6.07, 6.45) is 1.71. The smallest absolute Gasteiger partial charge is 0.404 e. The minimum Gasteiger partial charge on any atom is -0.444 e. The first-order chi connectivity index (χ1) is 5.23. The fourth-order valence-electron chi connectivity index (χ4n) is 1.75. The minimum absolute atomic E-state index is 0.0278. The van der Waals surface area contributed by atoms with Crippen molar-refractivity contribution in [1.82, 2.24) is 5.32 Å². The maximum Gasteiger partial charge on any atom is 0.404 e. The molecule has 2 rings (SSSR count). The van der Waals surface area contributed by atoms with Crippen molar-refractivity contribution in [2.45, 2.75) is 18.9 Å². The summed E-state index contributed by atoms with van der Waals surface area (Å²) in [7, 11) is 0. The van der Waals surface area contributed by atoms with Crippen molar-refractivity contribution in [3.05, 3.63) is 0 Å². The SMILES string of the molecule is NC(=O)OC1CNCC12CC2. The second kappa shape index (κ2) is 2.11. The molecule has 1 amide bonds. The molecule has 0 aromatic heterocycles. The molecule has 0 aromatic rings. The third-order valence-electron chi connectivity index (χ3n) is 2.64. The van der Waals surface area contributed by atoms with Crippen molar-refractivity contribution in [2.24, 2.45) is 11.1 Å². The number of nitrogens with one attached hydrogen (secondary N) is 1. The van der Waals surface area contributed by atoms with Crippen molar-refractivity contribution in [1.29, 1.82) is 0 Å². The van der Waals surface area contributed by atoms with Crippen LogP contribution >= 0.6 is 0 Å². The highest BCUT2D eigenvalue weighted by atomic mass is 16.6. The lowest BCUT2D eigenvalue weighted by Gasteiger charge is -2.15. The molecular weight excluding hydrogens is 144 g/mol. The Bertz CT molecular complexity index is 189. The van der Waals surface area contributed by atoms with E-state index in [0.717, 1.165) is 25.9 Å². The van der Waals surface area contributed by atoms with E-state index in [1.165, 1.54) is 0 Å². The van der Waals surface area contributed by atoms with Crippen molar-refractivity contribution in [3.63, 3.8) is 0 Å². The summed E-state index contributed by atoms with van der Waals surface area (Å²) in [5, 5.41) is 3.20. The second-order valence-corrected chi connectivity index (χ2v) is 3.42. The zero-order valence-electron chi connectivity index (χ0n) is 6.30. The number of amides is 1. The Morgan fingerprint density at radius 1 is 1.64 bits per heavy atom. The van der Waals surface area contributed by atoms with Gasteiger partial charge in [0.05, 0.1) is 0 Å². The molecule has 11 heavy (non-hydrogen) atoms. The van der Waals surface area contributed by atoms with Crippen LogP contribution in [0.1, 0.15) is 12.8 Å². The average molecular weight is 156 g/mol. The van der Waals surface area contributed by atoms with Crippen LogP contribution in [0.15, 0.2) is 0 Å². The van der Waals surface area contributed by atoms with Gasteiger partial charge in [0.2, 0.25) is 0 Å². The summed E-state index contributed by atoms with van der Waals surface area (Å²) in [6, 6.07) is 0. The quantitative estimate of drug-likeness (QED) is 0.554. The number of rotatable bonds is 1. The molecule has 1 saturated heterocycles. The number of nitrogens with two attached hydrogens (primary N) is 1. The fraction of sp³-hybridized carbons (Fsp3) is 0.857. The molecule has 1 unspecified atom stereocenters. The third kappa shape index (κ3) is 1.07. The van der Waals surface area contributed by atoms with Crippen LogP contribution in [-0.4, -0.2) is 25.3 Å². The number of hydrogen-bond acceptors (Lipinski definition) is 3. The summed E-state index contributed by atoms with van der Waals surface area (Å²) in [6.45, 7) is 1.74. The number of carbonyl (C=O) groups excluding carboxylic acids is 1. The number of carbonyl (C=O) groups is 1. The Morgan fingerprint density at radius 3 is 2.91 bits per heavy atom. The van der Waals surface area contributed by atoms with Crippen molar-refractivity contribution < 1.29 is 9.53 Å². The van der Waals surface area contributed by atoms with Crippen LogP contribution in [0.4, 0.5) is 4.79 Å². The van der Waals surface area contributed by atoms with E-state index in [4.69, 9.17) is 10.5 Å². The summed E-state index contributed by atoms with van der Waals surface area (Å²) >= 11 is 0. The van der Waals surface area contributed by atoms with Crippen LogP contribution in [-0.2, 0) is 4.74 Å². The lowest BCUT2D eigenvalue weighted by atomic mass is 10.0. The molecule has 0 radical (unpaired) electrons. The first-order valence-electron chi connectivity index (χ1n) is 3.90. The van der Waals surface area contributed by atoms with Crippen LogP contribution in [0.5, 0.6) is 0 Å². The molecule has 62 valence electrons. The van der Waals surface area contributed by atoms with Gasteiger partial charge in [-0.3, -0.25) is 0 Å². The van der Waals surface area contributed by atoms with E-state index in [1.54, 1.807) is 0 Å². The van der Waals surface area contributed by atoms with Gasteiger partial charge in [-0.25, -0.2) is 4.79 Å². The normalized spacial score (nSPS) is 32.2. The monoisotopic (exact) mass is 156 g/mol. The van der Waals surface area contributed by atoms with E-state index >= 15 is 0 Å². The van der Waals surface area contributed by atoms with Gasteiger partial charge in [0.15, 0.2) is 0 Å². The van der Waals surface area contributed by atoms with Gasteiger partial charge < -0.3 is 15.8 Å². The Balaban J connectivity index is 1.97. The first kappa shape index (κ1) is 6.91. The van der Waals surface area contributed by atoms with Crippen molar-refractivity contribution in [3.8, 4) is 0 Å². The van der Waals surface area contributed by atoms with Crippen molar-refractivity contribution in [2.75, 3.05) is 13.1 Å². The van der Waals surface area contributed by atoms with Crippen LogP contribution in [0.2, 0.25) is 0 Å². The zero-order valence-corrected chi connectivity index (χ0v) is 6.30. The van der Waals surface area contributed by atoms with Crippen LogP contribution in [0, 0.1) is 5.41 Å². The highest BCUT2D eigenvalue weighted by Crippen LogP contribution is 2.51. The molecule has 1 atom stereocenters. The van der Waals surface area contributed by atoms with E-state index in [0.29, 0.717) is 0 Å². The van der Waals surface area contributed by atoms with Gasteiger partial charge in [-0.2, -0.15) is 0 Å². The molecule has 4 heteroatoms. The molecule has 1 spiro atoms. The number of ether oxygens (including phenoxy) is 1. The van der Waals surface area contributed by atoms with E-state index in [1.807, 2.05) is 0 Å². The maximum atomic E-state index is 10.4. The number of primary amides is 1. The highest BCUT2D eigenvalue weighted by molar-refractivity contribution is 5.65. The fourth-order valence-corrected chi connectivity index (χ4v) is 1.75. The van der Waals surface area contributed by atoms with Crippen molar-refractivity contribution >= 4 is 6.09 Å². The number of hydrogen-bond donors (Lipinski definition) is 2. The predicted octanol–water partition coefficient (Wildman–Crippen LogP) is -0.166. The molecule has 1 heterocycles. The molecule has 0 bridgehead atoms. The van der Waals surface area contributed by atoms with Crippen LogP contribution in [0.25, 0.3) is 0 Å². The molecule has 1 saturated carbocycles. The van der Waals surface area contributed by atoms with E-state index in [-0.39, 0.29) is 11.5 Å². The summed E-state index contributed by atoms with van der Waals surface area (Å²) in [5.41, 5.74) is 5.19. The topological polar surface area (TPSA) is 64.4 Å². The van der Waals surface area contributed by atoms with Gasteiger partial charge in [-0.15, -0.1) is 0 Å². The predicted molar refractivity (Wildman–Crippen MR) is 39.0 cm³/mol. The Labute approximate surface area is 65.1 Å². The Morgan fingerprint density at radius 2 is 2.36 bits per heavy atom. The molecule has 0 aromatic carbocycles. The lowest BCUT2D eigenvalue weighted by molar-refractivity contribution is 0.0848. The molecule has 2 aliphatic rings. The Kier molecular flexibility index (Phi) is 1.32. The standard InChI is InChI=1S/C7H12N2O2/c8-6(10)11-5-3-9-4-7(5)1-2-7/h5,9H,1-4H2,(H2,8,10). The molecule has 3 N–H and O–H groups in total. The molecular formula is C7H12N2O2. The summed E-state index contributed by atoms with van der Waals surface area (Å²) < 4.78 is 4.97. The van der Waals surface area contributed by atoms with Crippen LogP contribution < -0.4 is 11.1 Å². The second-order valence-electron chi connectivity index (χ2n) is 3.42. The van der Waals surface area contributed by atoms with Crippen LogP contribution in [0.3, 0.4) is 0 Å². The zero-order chi connectivity index (χ0) is 7.90. The molecule has 4 nitrogen and oxygen atoms in total. The molecule has 2 fully saturated rings. The summed E-state index contributed by atoms with van der Waals surface area (Å²) in [4.78, 5) is 10.4. The third-order valence-corrected chi connectivity index (χ3v) is 2.64. The van der Waals surface area contributed by atoms with Gasteiger partial charge in [0.1, 0.15) is 6.10 Å². The highest BCUT2D eigenvalue weighted by Gasteiger charge is 2.54. The molecule has 1 aliphatic carbocycles. The minimum atomic E-state index is -0.648. The van der Waals surface area contributed by atoms with Gasteiger partial charge in [0, 0.05) is 18.5 Å². The Hall–Kier alpha value is -0.770. The van der Waals surface area contributed by atoms with E-state index in [2.05, 4.69) is 5.32 Å². The van der Waals surface area contributed by atoms with Gasteiger partial charge >= 0.3 is 6.09 Å². The van der Waals surface area contributed by atoms with E-state index in [9.17, 15) is 4.79 Å². The van der Waals surface area contributed by atoms with Gasteiger partial charge in [-0.1, -0.05) is 0 Å². The lowest BCUT2D eigenvalue weighted by Crippen LogP contribution is -2.29. The average Bonchev–Trinajstić information content (AvgIpc) is 2.56. The maximum absolute atomic E-state index is 10.4. The largest absolute Gasteiger partial charge is 0.444 e. The van der Waals surface area contributed by atoms with Gasteiger partial charge in [-0.05, 0) is 12.8 Å². The summed E-state index contributed by atoms with van der Waals surface area (Å²) in [5.74, 6) is 0. The van der Waals surface area contributed by atoms with Gasteiger partial charge in [0.25, 0.3) is 0 Å².